The third kappa shape index (κ3) is 4.73. The van der Waals surface area contributed by atoms with Crippen molar-refractivity contribution in [2.75, 3.05) is 39.5 Å². The van der Waals surface area contributed by atoms with Gasteiger partial charge in [-0.2, -0.15) is 0 Å². The molecule has 0 saturated carbocycles. The van der Waals surface area contributed by atoms with E-state index in [0.29, 0.717) is 13.2 Å². The Morgan fingerprint density at radius 3 is 2.43 bits per heavy atom. The zero-order chi connectivity index (χ0) is 14.9. The summed E-state index contributed by atoms with van der Waals surface area (Å²) >= 11 is 0. The van der Waals surface area contributed by atoms with Gasteiger partial charge in [-0.15, -0.1) is 0 Å². The van der Waals surface area contributed by atoms with Gasteiger partial charge in [0.15, 0.2) is 0 Å². The summed E-state index contributed by atoms with van der Waals surface area (Å²) in [7, 11) is 0. The van der Waals surface area contributed by atoms with Crippen molar-refractivity contribution in [3.63, 3.8) is 0 Å². The molecule has 0 unspecified atom stereocenters. The second-order valence-corrected chi connectivity index (χ2v) is 5.15. The summed E-state index contributed by atoms with van der Waals surface area (Å²) in [6.45, 7) is 9.85. The molecule has 0 spiro atoms. The molecule has 0 aromatic heterocycles. The van der Waals surface area contributed by atoms with Crippen LogP contribution in [0.1, 0.15) is 13.8 Å². The van der Waals surface area contributed by atoms with Gasteiger partial charge in [0, 0.05) is 5.39 Å². The predicted octanol–water partition coefficient (Wildman–Crippen LogP) is 2.16. The Labute approximate surface area is 127 Å². The smallest absolute Gasteiger partial charge is 0.127 e. The number of hydrogen-bond acceptors (Lipinski definition) is 2. The molecule has 0 aliphatic carbocycles. The van der Waals surface area contributed by atoms with Gasteiger partial charge < -0.3 is 14.4 Å². The quantitative estimate of drug-likeness (QED) is 0.715. The molecule has 1 N–H and O–H groups in total. The van der Waals surface area contributed by atoms with E-state index in [9.17, 15) is 0 Å². The number of nitrogens with one attached hydrogen (secondary N) is 1. The highest BCUT2D eigenvalue weighted by Crippen LogP contribution is 2.24. The van der Waals surface area contributed by atoms with E-state index < -0.39 is 0 Å². The maximum Gasteiger partial charge on any atom is 0.127 e. The standard InChI is InChI=1S/C18H25NO2/c1-3-19(4-2)12-13-20-14-15-21-18-11-7-9-16-8-5-6-10-17(16)18/h5-11H,3-4,12-15H2,1-2H3/p+1. The molecule has 0 amide bonds. The highest BCUT2D eigenvalue weighted by Gasteiger charge is 2.03. The van der Waals surface area contributed by atoms with Crippen molar-refractivity contribution in [2.24, 2.45) is 0 Å². The Bertz CT molecular complexity index is 532. The monoisotopic (exact) mass is 288 g/mol. The average molecular weight is 288 g/mol. The first-order valence-electron chi connectivity index (χ1n) is 7.87. The molecule has 21 heavy (non-hydrogen) atoms. The normalized spacial score (nSPS) is 11.2. The number of hydrogen-bond donors (Lipinski definition) is 1. The van der Waals surface area contributed by atoms with Crippen molar-refractivity contribution >= 4 is 10.8 Å². The lowest BCUT2D eigenvalue weighted by Gasteiger charge is -2.15. The molecule has 0 fully saturated rings. The molecule has 0 atom stereocenters. The molecule has 0 radical (unpaired) electrons. The van der Waals surface area contributed by atoms with Gasteiger partial charge in [0.1, 0.15) is 18.9 Å². The molecule has 0 aliphatic rings. The number of benzene rings is 2. The van der Waals surface area contributed by atoms with Crippen molar-refractivity contribution in [1.82, 2.24) is 0 Å². The van der Waals surface area contributed by atoms with E-state index >= 15 is 0 Å². The second kappa shape index (κ2) is 8.65. The highest BCUT2D eigenvalue weighted by molar-refractivity contribution is 5.88. The minimum absolute atomic E-state index is 0.599. The number of ether oxygens (including phenoxy) is 2. The van der Waals surface area contributed by atoms with E-state index in [1.807, 2.05) is 24.3 Å². The van der Waals surface area contributed by atoms with Gasteiger partial charge >= 0.3 is 0 Å². The van der Waals surface area contributed by atoms with E-state index in [1.54, 1.807) is 4.90 Å². The summed E-state index contributed by atoms with van der Waals surface area (Å²) in [5, 5.41) is 2.37. The maximum absolute atomic E-state index is 5.85. The van der Waals surface area contributed by atoms with Crippen molar-refractivity contribution < 1.29 is 14.4 Å². The topological polar surface area (TPSA) is 22.9 Å². The van der Waals surface area contributed by atoms with Crippen LogP contribution in [0.5, 0.6) is 5.75 Å². The first-order valence-corrected chi connectivity index (χ1v) is 7.87. The van der Waals surface area contributed by atoms with E-state index in [1.165, 1.54) is 5.39 Å². The Morgan fingerprint density at radius 1 is 0.857 bits per heavy atom. The van der Waals surface area contributed by atoms with E-state index in [0.717, 1.165) is 37.4 Å². The van der Waals surface area contributed by atoms with Crippen molar-refractivity contribution in [2.45, 2.75) is 13.8 Å². The third-order valence-corrected chi connectivity index (χ3v) is 3.83. The van der Waals surface area contributed by atoms with Gasteiger partial charge in [-0.3, -0.25) is 0 Å². The van der Waals surface area contributed by atoms with Crippen LogP contribution >= 0.6 is 0 Å². The van der Waals surface area contributed by atoms with Gasteiger partial charge in [0.2, 0.25) is 0 Å². The molecule has 0 bridgehead atoms. The van der Waals surface area contributed by atoms with Crippen LogP contribution in [-0.4, -0.2) is 39.5 Å². The van der Waals surface area contributed by atoms with Crippen molar-refractivity contribution in [3.8, 4) is 5.75 Å². The zero-order valence-corrected chi connectivity index (χ0v) is 13.1. The molecule has 3 heteroatoms. The lowest BCUT2D eigenvalue weighted by Crippen LogP contribution is -3.11. The fourth-order valence-electron chi connectivity index (χ4n) is 2.45. The molecule has 2 rings (SSSR count). The van der Waals surface area contributed by atoms with Crippen LogP contribution < -0.4 is 9.64 Å². The molecular formula is C18H26NO2+. The fourth-order valence-corrected chi connectivity index (χ4v) is 2.45. The van der Waals surface area contributed by atoms with Gasteiger partial charge in [-0.1, -0.05) is 36.4 Å². The zero-order valence-electron chi connectivity index (χ0n) is 13.1. The van der Waals surface area contributed by atoms with Gasteiger partial charge in [-0.25, -0.2) is 0 Å². The molecule has 2 aromatic carbocycles. The number of fused-ring (bicyclic) bond motifs is 1. The second-order valence-electron chi connectivity index (χ2n) is 5.15. The molecule has 2 aromatic rings. The fraction of sp³-hybridized carbons (Fsp3) is 0.444. The van der Waals surface area contributed by atoms with E-state index in [-0.39, 0.29) is 0 Å². The Kier molecular flexibility index (Phi) is 6.51. The van der Waals surface area contributed by atoms with Gasteiger partial charge in [0.05, 0.1) is 26.3 Å². The third-order valence-electron chi connectivity index (χ3n) is 3.83. The average Bonchev–Trinajstić information content (AvgIpc) is 2.54. The highest BCUT2D eigenvalue weighted by atomic mass is 16.5. The minimum atomic E-state index is 0.599. The summed E-state index contributed by atoms with van der Waals surface area (Å²) in [5.41, 5.74) is 0. The Hall–Kier alpha value is -1.58. The largest absolute Gasteiger partial charge is 0.491 e. The summed E-state index contributed by atoms with van der Waals surface area (Å²) in [6, 6.07) is 14.4. The van der Waals surface area contributed by atoms with Crippen molar-refractivity contribution in [3.05, 3.63) is 42.5 Å². The van der Waals surface area contributed by atoms with Crippen LogP contribution in [0.4, 0.5) is 0 Å². The van der Waals surface area contributed by atoms with Crippen LogP contribution in [0.15, 0.2) is 42.5 Å². The van der Waals surface area contributed by atoms with E-state index in [4.69, 9.17) is 9.47 Å². The molecule has 0 saturated heterocycles. The number of rotatable bonds is 9. The number of quaternary nitrogens is 1. The number of likely N-dealkylation sites (N-methyl/N-ethyl adjacent to an activating group) is 1. The van der Waals surface area contributed by atoms with Crippen LogP contribution in [0.25, 0.3) is 10.8 Å². The molecule has 0 aliphatic heterocycles. The molecule has 114 valence electrons. The Balaban J connectivity index is 1.73. The summed E-state index contributed by atoms with van der Waals surface area (Å²) in [5.74, 6) is 0.936. The van der Waals surface area contributed by atoms with Gasteiger partial charge in [-0.05, 0) is 25.3 Å². The van der Waals surface area contributed by atoms with Crippen LogP contribution in [0.2, 0.25) is 0 Å². The molecule has 0 heterocycles. The molecule has 3 nitrogen and oxygen atoms in total. The van der Waals surface area contributed by atoms with Crippen LogP contribution in [-0.2, 0) is 4.74 Å². The lowest BCUT2D eigenvalue weighted by molar-refractivity contribution is -0.896. The summed E-state index contributed by atoms with van der Waals surface area (Å²) in [6.07, 6.45) is 0. The minimum Gasteiger partial charge on any atom is -0.491 e. The Morgan fingerprint density at radius 2 is 1.62 bits per heavy atom. The molecular weight excluding hydrogens is 262 g/mol. The van der Waals surface area contributed by atoms with E-state index in [2.05, 4.69) is 32.0 Å². The van der Waals surface area contributed by atoms with Crippen LogP contribution in [0.3, 0.4) is 0 Å². The lowest BCUT2D eigenvalue weighted by atomic mass is 10.1. The summed E-state index contributed by atoms with van der Waals surface area (Å²) in [4.78, 5) is 1.57. The first kappa shape index (κ1) is 15.8. The predicted molar refractivity (Wildman–Crippen MR) is 87.2 cm³/mol. The maximum atomic E-state index is 5.85. The first-order chi connectivity index (χ1) is 10.3. The van der Waals surface area contributed by atoms with Gasteiger partial charge in [0.25, 0.3) is 0 Å². The SMILES string of the molecule is CC[NH+](CC)CCOCCOc1cccc2ccccc12. The van der Waals surface area contributed by atoms with Crippen LogP contribution in [0, 0.1) is 0 Å². The van der Waals surface area contributed by atoms with Crippen molar-refractivity contribution in [1.29, 1.82) is 0 Å². The summed E-state index contributed by atoms with van der Waals surface area (Å²) < 4.78 is 11.5.